The van der Waals surface area contributed by atoms with Gasteiger partial charge in [-0.05, 0) is 59.5 Å². The zero-order chi connectivity index (χ0) is 18.2. The summed E-state index contributed by atoms with van der Waals surface area (Å²) in [5, 5.41) is 0. The number of benzene rings is 1. The first-order valence-electron chi connectivity index (χ1n) is 10.0. The van der Waals surface area contributed by atoms with Crippen LogP contribution >= 0.6 is 22.6 Å². The molecular formula is C22H35IO2. The standard InChI is InChI=1S/C22H35IO2/c1-25-22(24)15-13-11-9-7-5-3-2-4-6-8-10-12-14-20-16-18-21(23)19-17-20/h16-19H,2-15H2,1H3. The van der Waals surface area contributed by atoms with E-state index in [4.69, 9.17) is 0 Å². The molecule has 0 N–H and O–H groups in total. The second-order valence-corrected chi connectivity index (χ2v) is 8.19. The number of rotatable bonds is 15. The van der Waals surface area contributed by atoms with E-state index >= 15 is 0 Å². The molecule has 0 atom stereocenters. The number of ether oxygens (including phenoxy) is 1. The lowest BCUT2D eigenvalue weighted by molar-refractivity contribution is -0.140. The number of unbranched alkanes of at least 4 members (excludes halogenated alkanes) is 11. The van der Waals surface area contributed by atoms with Crippen molar-refractivity contribution in [3.8, 4) is 0 Å². The first-order chi connectivity index (χ1) is 12.2. The molecule has 1 aromatic carbocycles. The first kappa shape index (κ1) is 22.5. The number of carbonyl (C=O) groups excluding carboxylic acids is 1. The van der Waals surface area contributed by atoms with Crippen molar-refractivity contribution in [3.05, 3.63) is 33.4 Å². The Bertz CT molecular complexity index is 442. The molecule has 0 aliphatic carbocycles. The van der Waals surface area contributed by atoms with Gasteiger partial charge in [-0.25, -0.2) is 0 Å². The van der Waals surface area contributed by atoms with E-state index in [0.29, 0.717) is 6.42 Å². The van der Waals surface area contributed by atoms with Gasteiger partial charge in [0.1, 0.15) is 0 Å². The highest BCUT2D eigenvalue weighted by molar-refractivity contribution is 14.1. The maximum absolute atomic E-state index is 11.0. The second-order valence-electron chi connectivity index (χ2n) is 6.95. The molecule has 0 saturated heterocycles. The summed E-state index contributed by atoms with van der Waals surface area (Å²) in [6.45, 7) is 0. The Balaban J connectivity index is 1.77. The normalized spacial score (nSPS) is 10.8. The maximum Gasteiger partial charge on any atom is 0.305 e. The highest BCUT2D eigenvalue weighted by Gasteiger charge is 1.99. The Morgan fingerprint density at radius 1 is 0.760 bits per heavy atom. The summed E-state index contributed by atoms with van der Waals surface area (Å²) in [5.41, 5.74) is 1.48. The summed E-state index contributed by atoms with van der Waals surface area (Å²) in [5.74, 6) is -0.0708. The number of hydrogen-bond donors (Lipinski definition) is 0. The van der Waals surface area contributed by atoms with Crippen LogP contribution in [-0.4, -0.2) is 13.1 Å². The van der Waals surface area contributed by atoms with Gasteiger partial charge in [0.15, 0.2) is 0 Å². The lowest BCUT2D eigenvalue weighted by atomic mass is 10.0. The van der Waals surface area contributed by atoms with Crippen LogP contribution in [-0.2, 0) is 16.0 Å². The number of aryl methyl sites for hydroxylation is 1. The molecule has 3 heteroatoms. The van der Waals surface area contributed by atoms with Gasteiger partial charge >= 0.3 is 5.97 Å². The van der Waals surface area contributed by atoms with Crippen LogP contribution in [0.25, 0.3) is 0 Å². The van der Waals surface area contributed by atoms with Crippen LogP contribution < -0.4 is 0 Å². The van der Waals surface area contributed by atoms with Gasteiger partial charge in [0.05, 0.1) is 7.11 Å². The highest BCUT2D eigenvalue weighted by atomic mass is 127. The Morgan fingerprint density at radius 2 is 1.20 bits per heavy atom. The lowest BCUT2D eigenvalue weighted by Gasteiger charge is -2.04. The highest BCUT2D eigenvalue weighted by Crippen LogP contribution is 2.14. The van der Waals surface area contributed by atoms with Crippen LogP contribution in [0.1, 0.15) is 89.0 Å². The second kappa shape index (κ2) is 15.7. The van der Waals surface area contributed by atoms with Crippen LogP contribution in [0.5, 0.6) is 0 Å². The van der Waals surface area contributed by atoms with Crippen molar-refractivity contribution < 1.29 is 9.53 Å². The number of halogens is 1. The predicted octanol–water partition coefficient (Wildman–Crippen LogP) is 7.08. The molecule has 0 radical (unpaired) electrons. The van der Waals surface area contributed by atoms with E-state index in [1.807, 2.05) is 0 Å². The Morgan fingerprint density at radius 3 is 1.68 bits per heavy atom. The van der Waals surface area contributed by atoms with E-state index in [2.05, 4.69) is 51.6 Å². The third-order valence-electron chi connectivity index (χ3n) is 4.74. The topological polar surface area (TPSA) is 26.3 Å². The van der Waals surface area contributed by atoms with Crippen molar-refractivity contribution in [1.82, 2.24) is 0 Å². The molecule has 0 aromatic heterocycles. The Labute approximate surface area is 168 Å². The molecule has 0 bridgehead atoms. The van der Waals surface area contributed by atoms with E-state index < -0.39 is 0 Å². The van der Waals surface area contributed by atoms with Gasteiger partial charge in [-0.2, -0.15) is 0 Å². The summed E-state index contributed by atoms with van der Waals surface area (Å²) in [6, 6.07) is 8.93. The monoisotopic (exact) mass is 458 g/mol. The van der Waals surface area contributed by atoms with Crippen LogP contribution in [0.2, 0.25) is 0 Å². The van der Waals surface area contributed by atoms with Crippen molar-refractivity contribution in [1.29, 1.82) is 0 Å². The molecular weight excluding hydrogens is 423 g/mol. The quantitative estimate of drug-likeness (QED) is 0.160. The molecule has 0 amide bonds. The minimum absolute atomic E-state index is 0.0708. The molecule has 0 fully saturated rings. The predicted molar refractivity (Wildman–Crippen MR) is 115 cm³/mol. The molecule has 0 unspecified atom stereocenters. The van der Waals surface area contributed by atoms with Crippen molar-refractivity contribution in [2.75, 3.05) is 7.11 Å². The van der Waals surface area contributed by atoms with E-state index in [-0.39, 0.29) is 5.97 Å². The van der Waals surface area contributed by atoms with Crippen molar-refractivity contribution >= 4 is 28.6 Å². The summed E-state index contributed by atoms with van der Waals surface area (Å²) in [7, 11) is 1.46. The average Bonchev–Trinajstić information content (AvgIpc) is 2.63. The number of carbonyl (C=O) groups is 1. The van der Waals surface area contributed by atoms with E-state index in [0.717, 1.165) is 12.8 Å². The van der Waals surface area contributed by atoms with Gasteiger partial charge < -0.3 is 4.74 Å². The molecule has 0 spiro atoms. The van der Waals surface area contributed by atoms with Gasteiger partial charge in [-0.15, -0.1) is 0 Å². The van der Waals surface area contributed by atoms with Crippen LogP contribution in [0, 0.1) is 3.57 Å². The fraction of sp³-hybridized carbons (Fsp3) is 0.682. The van der Waals surface area contributed by atoms with Gasteiger partial charge in [0.2, 0.25) is 0 Å². The smallest absolute Gasteiger partial charge is 0.305 e. The largest absolute Gasteiger partial charge is 0.469 e. The summed E-state index contributed by atoms with van der Waals surface area (Å²) in [6.07, 6.45) is 17.5. The molecule has 2 nitrogen and oxygen atoms in total. The number of hydrogen-bond acceptors (Lipinski definition) is 2. The molecule has 0 aliphatic heterocycles. The lowest BCUT2D eigenvalue weighted by Crippen LogP contribution is -1.99. The molecule has 0 saturated carbocycles. The SMILES string of the molecule is COC(=O)CCCCCCCCCCCCCCc1ccc(I)cc1. The molecule has 0 heterocycles. The van der Waals surface area contributed by atoms with E-state index in [1.54, 1.807) is 0 Å². The molecule has 0 aliphatic rings. The van der Waals surface area contributed by atoms with Crippen LogP contribution in [0.15, 0.2) is 24.3 Å². The third-order valence-corrected chi connectivity index (χ3v) is 5.46. The molecule has 1 rings (SSSR count). The first-order valence-corrected chi connectivity index (χ1v) is 11.1. The number of esters is 1. The molecule has 25 heavy (non-hydrogen) atoms. The summed E-state index contributed by atoms with van der Waals surface area (Å²) < 4.78 is 5.97. The zero-order valence-electron chi connectivity index (χ0n) is 15.9. The Hall–Kier alpha value is -0.580. The van der Waals surface area contributed by atoms with Gasteiger partial charge in [0.25, 0.3) is 0 Å². The molecule has 1 aromatic rings. The summed E-state index contributed by atoms with van der Waals surface area (Å²) in [4.78, 5) is 11.0. The minimum Gasteiger partial charge on any atom is -0.469 e. The minimum atomic E-state index is -0.0708. The van der Waals surface area contributed by atoms with E-state index in [9.17, 15) is 4.79 Å². The number of methoxy groups -OCH3 is 1. The summed E-state index contributed by atoms with van der Waals surface area (Å²) >= 11 is 2.36. The van der Waals surface area contributed by atoms with Crippen LogP contribution in [0.3, 0.4) is 0 Å². The van der Waals surface area contributed by atoms with Crippen molar-refractivity contribution in [2.45, 2.75) is 89.9 Å². The zero-order valence-corrected chi connectivity index (χ0v) is 18.1. The fourth-order valence-corrected chi connectivity index (χ4v) is 3.48. The Kier molecular flexibility index (Phi) is 14.1. The van der Waals surface area contributed by atoms with Crippen LogP contribution in [0.4, 0.5) is 0 Å². The van der Waals surface area contributed by atoms with Crippen molar-refractivity contribution in [3.63, 3.8) is 0 Å². The van der Waals surface area contributed by atoms with Gasteiger partial charge in [-0.1, -0.05) is 76.3 Å². The average molecular weight is 458 g/mol. The van der Waals surface area contributed by atoms with Gasteiger partial charge in [0, 0.05) is 9.99 Å². The van der Waals surface area contributed by atoms with Crippen molar-refractivity contribution in [2.24, 2.45) is 0 Å². The van der Waals surface area contributed by atoms with E-state index in [1.165, 1.54) is 86.9 Å². The molecule has 142 valence electrons. The van der Waals surface area contributed by atoms with Gasteiger partial charge in [-0.3, -0.25) is 4.79 Å². The third kappa shape index (κ3) is 13.3. The fourth-order valence-electron chi connectivity index (χ4n) is 3.12. The maximum atomic E-state index is 11.0.